The lowest BCUT2D eigenvalue weighted by atomic mass is 9.87. The third-order valence-corrected chi connectivity index (χ3v) is 7.92. The number of rotatable bonds is 22. The van der Waals surface area contributed by atoms with Gasteiger partial charge in [0.1, 0.15) is 13.2 Å². The minimum absolute atomic E-state index is 0.0120. The lowest BCUT2D eigenvalue weighted by molar-refractivity contribution is 0.0322. The van der Waals surface area contributed by atoms with E-state index in [4.69, 9.17) is 28.4 Å². The number of hydrogen-bond acceptors (Lipinski definition) is 7. The minimum Gasteiger partial charge on any atom is -0.486 e. The van der Waals surface area contributed by atoms with Gasteiger partial charge in [-0.2, -0.15) is 0 Å². The first-order valence-corrected chi connectivity index (χ1v) is 14.7. The van der Waals surface area contributed by atoms with E-state index in [0.717, 1.165) is 56.8 Å². The molecule has 0 N–H and O–H groups in total. The molecule has 6 nitrogen and oxygen atoms in total. The molecule has 0 aliphatic heterocycles. The van der Waals surface area contributed by atoms with Crippen LogP contribution in [0, 0.1) is 0 Å². The topological polar surface area (TPSA) is 55.4 Å². The van der Waals surface area contributed by atoms with Gasteiger partial charge in [0.05, 0.1) is 49.4 Å². The maximum absolute atomic E-state index is 6.37. The molecule has 0 amide bonds. The second-order valence-corrected chi connectivity index (χ2v) is 11.8. The van der Waals surface area contributed by atoms with Gasteiger partial charge in [0, 0.05) is 24.0 Å². The van der Waals surface area contributed by atoms with Crippen molar-refractivity contribution in [1.82, 2.24) is 0 Å². The zero-order valence-corrected chi connectivity index (χ0v) is 25.3. The van der Waals surface area contributed by atoms with E-state index in [-0.39, 0.29) is 10.8 Å². The zero-order chi connectivity index (χ0) is 26.9. The molecule has 212 valence electrons. The van der Waals surface area contributed by atoms with E-state index in [1.807, 2.05) is 11.3 Å². The van der Waals surface area contributed by atoms with Crippen molar-refractivity contribution >= 4 is 11.3 Å². The average molecular weight is 531 g/mol. The van der Waals surface area contributed by atoms with Crippen molar-refractivity contribution in [1.29, 1.82) is 0 Å². The van der Waals surface area contributed by atoms with Gasteiger partial charge in [-0.15, -0.1) is 11.3 Å². The predicted octanol–water partition coefficient (Wildman–Crippen LogP) is 7.16. The lowest BCUT2D eigenvalue weighted by Crippen LogP contribution is -2.17. The van der Waals surface area contributed by atoms with Crippen LogP contribution in [-0.4, -0.2) is 66.1 Å². The Kier molecular flexibility index (Phi) is 17.0. The summed E-state index contributed by atoms with van der Waals surface area (Å²) in [5, 5.41) is 0. The molecule has 1 rings (SSSR count). The fraction of sp³-hybridized carbons (Fsp3) is 0.862. The molecule has 36 heavy (non-hydrogen) atoms. The van der Waals surface area contributed by atoms with Gasteiger partial charge in [0.25, 0.3) is 0 Å². The third kappa shape index (κ3) is 12.6. The molecule has 1 aromatic rings. The average Bonchev–Trinajstić information content (AvgIpc) is 3.21. The first-order valence-electron chi connectivity index (χ1n) is 13.9. The molecule has 1 heterocycles. The van der Waals surface area contributed by atoms with E-state index in [1.165, 1.54) is 9.75 Å². The minimum atomic E-state index is -0.0551. The summed E-state index contributed by atoms with van der Waals surface area (Å²) in [4.78, 5) is 2.44. The highest BCUT2D eigenvalue weighted by Gasteiger charge is 2.34. The van der Waals surface area contributed by atoms with Gasteiger partial charge in [0.2, 0.25) is 0 Å². The Morgan fingerprint density at radius 2 is 0.917 bits per heavy atom. The Bertz CT molecular complexity index is 680. The van der Waals surface area contributed by atoms with Gasteiger partial charge in [-0.1, -0.05) is 68.2 Å². The summed E-state index contributed by atoms with van der Waals surface area (Å²) in [6.07, 6.45) is 5.49. The summed E-state index contributed by atoms with van der Waals surface area (Å²) >= 11 is 1.81. The summed E-state index contributed by atoms with van der Waals surface area (Å²) in [6, 6.07) is 0. The summed E-state index contributed by atoms with van der Waals surface area (Å²) in [7, 11) is 0. The Labute approximate surface area is 225 Å². The maximum atomic E-state index is 6.37. The van der Waals surface area contributed by atoms with Crippen LogP contribution in [0.4, 0.5) is 0 Å². The SMILES string of the molecule is CCCCOCCOCCOc1c(C(C)(C)C)sc(C(C)(C)CC)c1OCCOCCOCCCC. The van der Waals surface area contributed by atoms with E-state index in [9.17, 15) is 0 Å². The van der Waals surface area contributed by atoms with Crippen LogP contribution in [0.15, 0.2) is 0 Å². The van der Waals surface area contributed by atoms with Gasteiger partial charge >= 0.3 is 0 Å². The molecule has 0 aliphatic carbocycles. The summed E-state index contributed by atoms with van der Waals surface area (Å²) in [5.41, 5.74) is -0.0671. The molecule has 0 radical (unpaired) electrons. The van der Waals surface area contributed by atoms with Gasteiger partial charge in [-0.05, 0) is 19.3 Å². The molecular weight excluding hydrogens is 476 g/mol. The molecule has 0 aliphatic rings. The Hall–Kier alpha value is -0.860. The number of ether oxygens (including phenoxy) is 6. The third-order valence-electron chi connectivity index (χ3n) is 5.98. The van der Waals surface area contributed by atoms with Crippen LogP contribution >= 0.6 is 11.3 Å². The normalized spacial score (nSPS) is 12.3. The summed E-state index contributed by atoms with van der Waals surface area (Å²) in [5.74, 6) is 1.72. The fourth-order valence-electron chi connectivity index (χ4n) is 3.30. The van der Waals surface area contributed by atoms with Crippen LogP contribution in [-0.2, 0) is 29.8 Å². The standard InChI is InChI=1S/C29H54O6S/c1-9-12-14-30-16-18-32-20-22-34-24-25(35-23-21-33-19-17-31-15-13-10-2)27(29(7,8)11-3)36-26(24)28(4,5)6/h9-23H2,1-8H3. The summed E-state index contributed by atoms with van der Waals surface area (Å²) in [6.45, 7) is 23.8. The molecule has 0 aromatic carbocycles. The molecule has 0 saturated heterocycles. The van der Waals surface area contributed by atoms with Crippen LogP contribution in [0.3, 0.4) is 0 Å². The Morgan fingerprint density at radius 1 is 0.528 bits per heavy atom. The van der Waals surface area contributed by atoms with Crippen LogP contribution in [0.1, 0.15) is 97.2 Å². The molecular formula is C29H54O6S. The van der Waals surface area contributed by atoms with Crippen LogP contribution in [0.5, 0.6) is 11.5 Å². The first-order chi connectivity index (χ1) is 17.2. The van der Waals surface area contributed by atoms with E-state index < -0.39 is 0 Å². The largest absolute Gasteiger partial charge is 0.486 e. The van der Waals surface area contributed by atoms with Crippen molar-refractivity contribution in [2.75, 3.05) is 66.1 Å². The van der Waals surface area contributed by atoms with Gasteiger partial charge < -0.3 is 28.4 Å². The van der Waals surface area contributed by atoms with E-state index >= 15 is 0 Å². The number of hydrogen-bond donors (Lipinski definition) is 0. The van der Waals surface area contributed by atoms with Crippen molar-refractivity contribution < 1.29 is 28.4 Å². The predicted molar refractivity (Wildman–Crippen MR) is 150 cm³/mol. The molecule has 0 spiro atoms. The molecule has 0 saturated carbocycles. The number of thiophene rings is 1. The lowest BCUT2D eigenvalue weighted by Gasteiger charge is -2.23. The van der Waals surface area contributed by atoms with E-state index in [1.54, 1.807) is 0 Å². The zero-order valence-electron chi connectivity index (χ0n) is 24.5. The highest BCUT2D eigenvalue weighted by atomic mass is 32.1. The highest BCUT2D eigenvalue weighted by molar-refractivity contribution is 7.13. The van der Waals surface area contributed by atoms with Crippen LogP contribution < -0.4 is 9.47 Å². The van der Waals surface area contributed by atoms with Crippen LogP contribution in [0.25, 0.3) is 0 Å². The van der Waals surface area contributed by atoms with Gasteiger partial charge in [0.15, 0.2) is 11.5 Å². The highest BCUT2D eigenvalue weighted by Crippen LogP contribution is 2.52. The summed E-state index contributed by atoms with van der Waals surface area (Å²) < 4.78 is 35.3. The van der Waals surface area contributed by atoms with Crippen molar-refractivity contribution in [2.24, 2.45) is 0 Å². The van der Waals surface area contributed by atoms with Gasteiger partial charge in [-0.25, -0.2) is 0 Å². The molecule has 0 fully saturated rings. The molecule has 7 heteroatoms. The van der Waals surface area contributed by atoms with Crippen molar-refractivity contribution in [3.05, 3.63) is 9.75 Å². The first kappa shape index (κ1) is 33.2. The van der Waals surface area contributed by atoms with Crippen LogP contribution in [0.2, 0.25) is 0 Å². The van der Waals surface area contributed by atoms with Crippen molar-refractivity contribution in [3.63, 3.8) is 0 Å². The molecule has 1 aromatic heterocycles. The quantitative estimate of drug-likeness (QED) is 0.148. The fourth-order valence-corrected chi connectivity index (χ4v) is 4.72. The smallest absolute Gasteiger partial charge is 0.176 e. The maximum Gasteiger partial charge on any atom is 0.176 e. The van der Waals surface area contributed by atoms with E-state index in [2.05, 4.69) is 55.4 Å². The second kappa shape index (κ2) is 18.4. The Balaban J connectivity index is 2.76. The van der Waals surface area contributed by atoms with Crippen molar-refractivity contribution in [2.45, 2.75) is 98.3 Å². The monoisotopic (exact) mass is 530 g/mol. The Morgan fingerprint density at radius 3 is 1.31 bits per heavy atom. The molecule has 0 atom stereocenters. The number of unbranched alkanes of at least 4 members (excludes halogenated alkanes) is 2. The van der Waals surface area contributed by atoms with Crippen molar-refractivity contribution in [3.8, 4) is 11.5 Å². The second-order valence-electron chi connectivity index (χ2n) is 10.8. The molecule has 0 bridgehead atoms. The van der Waals surface area contributed by atoms with Gasteiger partial charge in [-0.3, -0.25) is 0 Å². The van der Waals surface area contributed by atoms with E-state index in [0.29, 0.717) is 52.9 Å². The molecule has 0 unspecified atom stereocenters.